The summed E-state index contributed by atoms with van der Waals surface area (Å²) in [5, 5.41) is 0. The van der Waals surface area contributed by atoms with Crippen molar-refractivity contribution in [3.05, 3.63) is 0 Å². The van der Waals surface area contributed by atoms with Crippen LogP contribution < -0.4 is 0 Å². The molecule has 1 aliphatic carbocycles. The lowest BCUT2D eigenvalue weighted by Gasteiger charge is -2.46. The first-order chi connectivity index (χ1) is 5.52. The van der Waals surface area contributed by atoms with Crippen LogP contribution >= 0.6 is 0 Å². The normalized spacial score (nSPS) is 29.1. The maximum absolute atomic E-state index is 11.1. The van der Waals surface area contributed by atoms with Crippen molar-refractivity contribution in [3.63, 3.8) is 0 Å². The van der Waals surface area contributed by atoms with E-state index >= 15 is 0 Å². The fourth-order valence-corrected chi connectivity index (χ4v) is 3.39. The summed E-state index contributed by atoms with van der Waals surface area (Å²) < 4.78 is 23.8. The van der Waals surface area contributed by atoms with Crippen LogP contribution in [0.25, 0.3) is 0 Å². The average Bonchev–Trinajstić information content (AvgIpc) is 2.27. The second kappa shape index (κ2) is 2.45. The number of sulfonamides is 1. The largest absolute Gasteiger partial charge is 0.213 e. The van der Waals surface area contributed by atoms with E-state index in [-0.39, 0.29) is 0 Å². The number of nitrogens with zero attached hydrogens (tertiary/aromatic N) is 1. The third kappa shape index (κ3) is 1.27. The molecular formula is C8H15NO2S. The minimum Gasteiger partial charge on any atom is -0.213 e. The Labute approximate surface area is 73.8 Å². The van der Waals surface area contributed by atoms with E-state index in [0.717, 1.165) is 13.1 Å². The third-order valence-electron chi connectivity index (χ3n) is 3.16. The average molecular weight is 189 g/mol. The zero-order valence-electron chi connectivity index (χ0n) is 7.41. The molecule has 70 valence electrons. The molecule has 1 saturated carbocycles. The molecular weight excluding hydrogens is 174 g/mol. The first-order valence-corrected chi connectivity index (χ1v) is 6.32. The fraction of sp³-hybridized carbons (Fsp3) is 1.00. The fourth-order valence-electron chi connectivity index (χ4n) is 2.38. The Kier molecular flexibility index (Phi) is 1.74. The highest BCUT2D eigenvalue weighted by atomic mass is 32.2. The van der Waals surface area contributed by atoms with Gasteiger partial charge in [0.2, 0.25) is 10.0 Å². The SMILES string of the molecule is CS(=O)(=O)N1CC2(CCCC2)C1. The molecule has 0 radical (unpaired) electrons. The third-order valence-corrected chi connectivity index (χ3v) is 4.35. The van der Waals surface area contributed by atoms with Gasteiger partial charge in [-0.1, -0.05) is 12.8 Å². The Morgan fingerprint density at radius 2 is 1.67 bits per heavy atom. The van der Waals surface area contributed by atoms with Crippen molar-refractivity contribution < 1.29 is 8.42 Å². The Bertz CT molecular complexity index is 269. The quantitative estimate of drug-likeness (QED) is 0.612. The lowest BCUT2D eigenvalue weighted by atomic mass is 9.80. The molecule has 0 aromatic carbocycles. The lowest BCUT2D eigenvalue weighted by molar-refractivity contribution is 0.0785. The molecule has 2 aliphatic rings. The Balaban J connectivity index is 1.99. The molecule has 0 amide bonds. The molecule has 2 rings (SSSR count). The summed E-state index contributed by atoms with van der Waals surface area (Å²) in [5.41, 5.74) is 0.392. The Morgan fingerprint density at radius 3 is 2.08 bits per heavy atom. The first-order valence-electron chi connectivity index (χ1n) is 4.47. The molecule has 12 heavy (non-hydrogen) atoms. The molecule has 1 heterocycles. The predicted octanol–water partition coefficient (Wildman–Crippen LogP) is 0.822. The van der Waals surface area contributed by atoms with E-state index in [1.807, 2.05) is 0 Å². The second-order valence-corrected chi connectivity index (χ2v) is 6.22. The molecule has 0 bridgehead atoms. The standard InChI is InChI=1S/C8H15NO2S/c1-12(10,11)9-6-8(7-9)4-2-3-5-8/h2-7H2,1H3. The first kappa shape index (κ1) is 8.51. The monoisotopic (exact) mass is 189 g/mol. The van der Waals surface area contributed by atoms with Crippen molar-refractivity contribution in [2.75, 3.05) is 19.3 Å². The minimum atomic E-state index is -2.90. The van der Waals surface area contributed by atoms with Crippen LogP contribution in [0.2, 0.25) is 0 Å². The summed E-state index contributed by atoms with van der Waals surface area (Å²) in [5.74, 6) is 0. The molecule has 3 nitrogen and oxygen atoms in total. The zero-order chi connectivity index (χ0) is 8.82. The van der Waals surface area contributed by atoms with Gasteiger partial charge in [-0.15, -0.1) is 0 Å². The summed E-state index contributed by atoms with van der Waals surface area (Å²) >= 11 is 0. The van der Waals surface area contributed by atoms with Gasteiger partial charge < -0.3 is 0 Å². The lowest BCUT2D eigenvalue weighted by Crippen LogP contribution is -2.56. The topological polar surface area (TPSA) is 37.4 Å². The van der Waals surface area contributed by atoms with Crippen molar-refractivity contribution in [1.29, 1.82) is 0 Å². The van der Waals surface area contributed by atoms with Crippen LogP contribution in [0.15, 0.2) is 0 Å². The summed E-state index contributed by atoms with van der Waals surface area (Å²) in [6.45, 7) is 1.57. The number of hydrogen-bond donors (Lipinski definition) is 0. The highest BCUT2D eigenvalue weighted by molar-refractivity contribution is 7.88. The van der Waals surface area contributed by atoms with E-state index in [0.29, 0.717) is 5.41 Å². The molecule has 1 aliphatic heterocycles. The van der Waals surface area contributed by atoms with Crippen LogP contribution in [-0.4, -0.2) is 32.1 Å². The van der Waals surface area contributed by atoms with Crippen LogP contribution in [0.5, 0.6) is 0 Å². The predicted molar refractivity (Wildman–Crippen MR) is 47.3 cm³/mol. The Hall–Kier alpha value is -0.0900. The second-order valence-electron chi connectivity index (χ2n) is 4.24. The Morgan fingerprint density at radius 1 is 1.17 bits per heavy atom. The highest BCUT2D eigenvalue weighted by Crippen LogP contribution is 2.46. The molecule has 0 unspecified atom stereocenters. The number of hydrogen-bond acceptors (Lipinski definition) is 2. The van der Waals surface area contributed by atoms with Crippen LogP contribution in [0, 0.1) is 5.41 Å². The van der Waals surface area contributed by atoms with Gasteiger partial charge in [0.15, 0.2) is 0 Å². The van der Waals surface area contributed by atoms with Gasteiger partial charge in [0.05, 0.1) is 6.26 Å². The minimum absolute atomic E-state index is 0.392. The van der Waals surface area contributed by atoms with Crippen molar-refractivity contribution in [3.8, 4) is 0 Å². The maximum Gasteiger partial charge on any atom is 0.211 e. The van der Waals surface area contributed by atoms with Crippen LogP contribution in [0.1, 0.15) is 25.7 Å². The van der Waals surface area contributed by atoms with Crippen LogP contribution in [-0.2, 0) is 10.0 Å². The highest BCUT2D eigenvalue weighted by Gasteiger charge is 2.47. The molecule has 0 N–H and O–H groups in total. The van der Waals surface area contributed by atoms with Gasteiger partial charge in [-0.3, -0.25) is 0 Å². The smallest absolute Gasteiger partial charge is 0.211 e. The summed E-state index contributed by atoms with van der Waals surface area (Å²) in [6, 6.07) is 0. The molecule has 0 aromatic rings. The maximum atomic E-state index is 11.1. The zero-order valence-corrected chi connectivity index (χ0v) is 8.23. The van der Waals surface area contributed by atoms with E-state index in [4.69, 9.17) is 0 Å². The summed E-state index contributed by atoms with van der Waals surface area (Å²) in [4.78, 5) is 0. The van der Waals surface area contributed by atoms with Gasteiger partial charge in [-0.05, 0) is 18.3 Å². The summed E-state index contributed by atoms with van der Waals surface area (Å²) in [7, 11) is -2.90. The number of rotatable bonds is 1. The van der Waals surface area contributed by atoms with Crippen molar-refractivity contribution in [1.82, 2.24) is 4.31 Å². The van der Waals surface area contributed by atoms with Gasteiger partial charge in [0.25, 0.3) is 0 Å². The molecule has 1 spiro atoms. The molecule has 4 heteroatoms. The van der Waals surface area contributed by atoms with Gasteiger partial charge in [0, 0.05) is 13.1 Å². The van der Waals surface area contributed by atoms with Crippen LogP contribution in [0.3, 0.4) is 0 Å². The molecule has 1 saturated heterocycles. The van der Waals surface area contributed by atoms with Gasteiger partial charge >= 0.3 is 0 Å². The molecule has 0 atom stereocenters. The van der Waals surface area contributed by atoms with Gasteiger partial charge in [-0.2, -0.15) is 0 Å². The molecule has 0 aromatic heterocycles. The van der Waals surface area contributed by atoms with Gasteiger partial charge in [-0.25, -0.2) is 12.7 Å². The van der Waals surface area contributed by atoms with E-state index in [9.17, 15) is 8.42 Å². The van der Waals surface area contributed by atoms with Crippen molar-refractivity contribution >= 4 is 10.0 Å². The van der Waals surface area contributed by atoms with Crippen molar-refractivity contribution in [2.24, 2.45) is 5.41 Å². The van der Waals surface area contributed by atoms with E-state index in [1.165, 1.54) is 31.9 Å². The molecule has 2 fully saturated rings. The van der Waals surface area contributed by atoms with E-state index in [1.54, 1.807) is 4.31 Å². The van der Waals surface area contributed by atoms with Gasteiger partial charge in [0.1, 0.15) is 0 Å². The van der Waals surface area contributed by atoms with E-state index < -0.39 is 10.0 Å². The summed E-state index contributed by atoms with van der Waals surface area (Å²) in [6.07, 6.45) is 6.35. The van der Waals surface area contributed by atoms with Crippen molar-refractivity contribution in [2.45, 2.75) is 25.7 Å². The van der Waals surface area contributed by atoms with E-state index in [2.05, 4.69) is 0 Å². The van der Waals surface area contributed by atoms with Crippen LogP contribution in [0.4, 0.5) is 0 Å².